The number of hydrogen-bond donors (Lipinski definition) is 2. The van der Waals surface area contributed by atoms with E-state index in [0.29, 0.717) is 12.0 Å². The first-order valence-electron chi connectivity index (χ1n) is 8.62. The Hall–Kier alpha value is -1.69. The van der Waals surface area contributed by atoms with Crippen molar-refractivity contribution < 1.29 is 8.78 Å². The van der Waals surface area contributed by atoms with Crippen molar-refractivity contribution in [1.29, 1.82) is 0 Å². The van der Waals surface area contributed by atoms with Crippen molar-refractivity contribution >= 4 is 5.96 Å². The third kappa shape index (κ3) is 5.44. The largest absolute Gasteiger partial charge is 0.355 e. The molecule has 1 heterocycles. The number of likely N-dealkylation sites (tertiary alicyclic amines) is 1. The number of piperidine rings is 1. The summed E-state index contributed by atoms with van der Waals surface area (Å²) in [4.78, 5) is 6.63. The fourth-order valence-electron chi connectivity index (χ4n) is 3.08. The summed E-state index contributed by atoms with van der Waals surface area (Å²) in [6.45, 7) is 7.71. The predicted octanol–water partition coefficient (Wildman–Crippen LogP) is 2.75. The van der Waals surface area contributed by atoms with Crippen molar-refractivity contribution in [2.24, 2.45) is 10.9 Å². The summed E-state index contributed by atoms with van der Waals surface area (Å²) in [7, 11) is 1.67. The Labute approximate surface area is 143 Å². The Balaban J connectivity index is 1.81. The zero-order valence-corrected chi connectivity index (χ0v) is 14.8. The summed E-state index contributed by atoms with van der Waals surface area (Å²) in [5.41, 5.74) is 0.288. The molecule has 0 spiro atoms. The highest BCUT2D eigenvalue weighted by molar-refractivity contribution is 5.79. The van der Waals surface area contributed by atoms with Gasteiger partial charge in [-0.1, -0.05) is 6.92 Å². The second-order valence-corrected chi connectivity index (χ2v) is 6.63. The van der Waals surface area contributed by atoms with E-state index in [9.17, 15) is 8.78 Å². The van der Waals surface area contributed by atoms with Crippen molar-refractivity contribution in [2.75, 3.05) is 26.7 Å². The van der Waals surface area contributed by atoms with Gasteiger partial charge in [0.2, 0.25) is 0 Å². The molecule has 0 saturated carbocycles. The van der Waals surface area contributed by atoms with E-state index in [-0.39, 0.29) is 12.1 Å². The molecule has 1 aromatic rings. The van der Waals surface area contributed by atoms with Crippen molar-refractivity contribution in [3.05, 3.63) is 35.4 Å². The Morgan fingerprint density at radius 2 is 2.17 bits per heavy atom. The van der Waals surface area contributed by atoms with Gasteiger partial charge in [0.05, 0.1) is 0 Å². The van der Waals surface area contributed by atoms with Crippen LogP contribution in [-0.4, -0.2) is 43.6 Å². The summed E-state index contributed by atoms with van der Waals surface area (Å²) in [6, 6.07) is 3.86. The number of benzene rings is 1. The van der Waals surface area contributed by atoms with Crippen LogP contribution in [0.4, 0.5) is 8.78 Å². The van der Waals surface area contributed by atoms with Gasteiger partial charge in [0.15, 0.2) is 5.96 Å². The third-order valence-corrected chi connectivity index (χ3v) is 4.55. The fourth-order valence-corrected chi connectivity index (χ4v) is 3.08. The van der Waals surface area contributed by atoms with Crippen LogP contribution in [0.5, 0.6) is 0 Å². The first-order valence-corrected chi connectivity index (χ1v) is 8.62. The van der Waals surface area contributed by atoms with Crippen LogP contribution >= 0.6 is 0 Å². The van der Waals surface area contributed by atoms with E-state index in [1.807, 2.05) is 0 Å². The van der Waals surface area contributed by atoms with Crippen molar-refractivity contribution in [2.45, 2.75) is 39.3 Å². The lowest BCUT2D eigenvalue weighted by atomic mass is 9.99. The maximum absolute atomic E-state index is 13.6. The van der Waals surface area contributed by atoms with Gasteiger partial charge in [0.25, 0.3) is 0 Å². The maximum Gasteiger partial charge on any atom is 0.191 e. The number of nitrogens with zero attached hydrogens (tertiary/aromatic N) is 2. The highest BCUT2D eigenvalue weighted by Crippen LogP contribution is 2.17. The third-order valence-electron chi connectivity index (χ3n) is 4.55. The average molecular weight is 338 g/mol. The van der Waals surface area contributed by atoms with E-state index in [4.69, 9.17) is 0 Å². The van der Waals surface area contributed by atoms with Crippen LogP contribution in [0.2, 0.25) is 0 Å². The van der Waals surface area contributed by atoms with Gasteiger partial charge in [0, 0.05) is 38.3 Å². The van der Waals surface area contributed by atoms with Crippen LogP contribution in [0.25, 0.3) is 0 Å². The lowest BCUT2D eigenvalue weighted by molar-refractivity contribution is 0.139. The Kier molecular flexibility index (Phi) is 6.97. The van der Waals surface area contributed by atoms with E-state index in [1.165, 1.54) is 18.9 Å². The normalized spacial score (nSPS) is 20.7. The van der Waals surface area contributed by atoms with Gasteiger partial charge in [-0.3, -0.25) is 9.89 Å². The average Bonchev–Trinajstić information content (AvgIpc) is 2.57. The lowest BCUT2D eigenvalue weighted by Crippen LogP contribution is -2.48. The zero-order valence-electron chi connectivity index (χ0n) is 14.8. The first kappa shape index (κ1) is 18.6. The highest BCUT2D eigenvalue weighted by atomic mass is 19.1. The van der Waals surface area contributed by atoms with Crippen LogP contribution < -0.4 is 10.6 Å². The summed E-state index contributed by atoms with van der Waals surface area (Å²) < 4.78 is 26.8. The molecule has 0 amide bonds. The number of aliphatic imine (C=N–C) groups is 1. The van der Waals surface area contributed by atoms with Gasteiger partial charge >= 0.3 is 0 Å². The molecular formula is C18H28F2N4. The molecule has 1 saturated heterocycles. The smallest absolute Gasteiger partial charge is 0.191 e. The van der Waals surface area contributed by atoms with Crippen molar-refractivity contribution in [3.63, 3.8) is 0 Å². The number of halogens is 2. The second kappa shape index (κ2) is 8.97. The molecule has 2 N–H and O–H groups in total. The Bertz CT molecular complexity index is 562. The van der Waals surface area contributed by atoms with E-state index in [0.717, 1.165) is 37.7 Å². The van der Waals surface area contributed by atoms with Crippen LogP contribution in [0, 0.1) is 17.6 Å². The summed E-state index contributed by atoms with van der Waals surface area (Å²) >= 11 is 0. The summed E-state index contributed by atoms with van der Waals surface area (Å²) in [6.07, 6.45) is 2.55. The molecule has 1 aromatic carbocycles. The number of rotatable bonds is 5. The molecule has 0 radical (unpaired) electrons. The minimum Gasteiger partial charge on any atom is -0.355 e. The van der Waals surface area contributed by atoms with E-state index < -0.39 is 11.6 Å². The highest BCUT2D eigenvalue weighted by Gasteiger charge is 2.20. The molecule has 0 bridgehead atoms. The molecule has 6 heteroatoms. The Morgan fingerprint density at radius 3 is 2.88 bits per heavy atom. The van der Waals surface area contributed by atoms with Gasteiger partial charge in [-0.2, -0.15) is 0 Å². The molecule has 2 atom stereocenters. The molecule has 2 rings (SSSR count). The Morgan fingerprint density at radius 1 is 1.38 bits per heavy atom. The lowest BCUT2D eigenvalue weighted by Gasteiger charge is -2.35. The van der Waals surface area contributed by atoms with Gasteiger partial charge in [-0.25, -0.2) is 8.78 Å². The molecule has 0 aliphatic carbocycles. The summed E-state index contributed by atoms with van der Waals surface area (Å²) in [5.74, 6) is 0.476. The quantitative estimate of drug-likeness (QED) is 0.641. The second-order valence-electron chi connectivity index (χ2n) is 6.63. The number of nitrogens with one attached hydrogen (secondary N) is 2. The molecule has 1 aliphatic rings. The molecule has 4 nitrogen and oxygen atoms in total. The number of hydrogen-bond acceptors (Lipinski definition) is 2. The molecule has 134 valence electrons. The number of guanidine groups is 1. The molecular weight excluding hydrogens is 310 g/mol. The van der Waals surface area contributed by atoms with Gasteiger partial charge in [-0.15, -0.1) is 0 Å². The molecule has 1 aliphatic heterocycles. The van der Waals surface area contributed by atoms with E-state index >= 15 is 0 Å². The van der Waals surface area contributed by atoms with Crippen LogP contribution in [0.3, 0.4) is 0 Å². The SMILES string of the molecule is CN=C(NCc1cc(F)ccc1F)NCC(C)N1CCCC(C)C1. The molecule has 2 unspecified atom stereocenters. The minimum absolute atomic E-state index is 0.193. The van der Waals surface area contributed by atoms with Crippen molar-refractivity contribution in [3.8, 4) is 0 Å². The molecule has 1 fully saturated rings. The first-order chi connectivity index (χ1) is 11.5. The van der Waals surface area contributed by atoms with Crippen LogP contribution in [0.1, 0.15) is 32.3 Å². The topological polar surface area (TPSA) is 39.7 Å². The monoisotopic (exact) mass is 338 g/mol. The molecule has 24 heavy (non-hydrogen) atoms. The van der Waals surface area contributed by atoms with Crippen LogP contribution in [0.15, 0.2) is 23.2 Å². The maximum atomic E-state index is 13.6. The van der Waals surface area contributed by atoms with E-state index in [1.54, 1.807) is 7.05 Å². The van der Waals surface area contributed by atoms with Gasteiger partial charge < -0.3 is 10.6 Å². The zero-order chi connectivity index (χ0) is 17.5. The van der Waals surface area contributed by atoms with Gasteiger partial charge in [-0.05, 0) is 50.4 Å². The van der Waals surface area contributed by atoms with Crippen LogP contribution in [-0.2, 0) is 6.54 Å². The standard InChI is InChI=1S/C18H28F2N4/c1-13-5-4-8-24(12-13)14(2)10-22-18(21-3)23-11-15-9-16(19)6-7-17(15)20/h6-7,9,13-14H,4-5,8,10-12H2,1-3H3,(H2,21,22,23). The van der Waals surface area contributed by atoms with Gasteiger partial charge in [0.1, 0.15) is 11.6 Å². The fraction of sp³-hybridized carbons (Fsp3) is 0.611. The molecule has 0 aromatic heterocycles. The summed E-state index contributed by atoms with van der Waals surface area (Å²) in [5, 5.41) is 6.30. The van der Waals surface area contributed by atoms with Crippen molar-refractivity contribution in [1.82, 2.24) is 15.5 Å². The minimum atomic E-state index is -0.441. The van der Waals surface area contributed by atoms with E-state index in [2.05, 4.69) is 34.4 Å². The predicted molar refractivity (Wildman–Crippen MR) is 94.0 cm³/mol.